The van der Waals surface area contributed by atoms with Gasteiger partial charge in [-0.3, -0.25) is 0 Å². The fourth-order valence-electron chi connectivity index (χ4n) is 2.06. The molecule has 22 heavy (non-hydrogen) atoms. The van der Waals surface area contributed by atoms with Crippen molar-refractivity contribution in [3.8, 4) is 0 Å². The molecule has 0 spiro atoms. The summed E-state index contributed by atoms with van der Waals surface area (Å²) in [7, 11) is 0. The molecular weight excluding hydrogens is 399 g/mol. The number of nitrogens with one attached hydrogen (secondary N) is 1. The van der Waals surface area contributed by atoms with Crippen LogP contribution >= 0.6 is 22.6 Å². The van der Waals surface area contributed by atoms with Gasteiger partial charge in [-0.25, -0.2) is 14.5 Å². The van der Waals surface area contributed by atoms with Gasteiger partial charge in [0.2, 0.25) is 0 Å². The first-order valence-electron chi connectivity index (χ1n) is 7.49. The lowest BCUT2D eigenvalue weighted by Crippen LogP contribution is -2.55. The van der Waals surface area contributed by atoms with E-state index in [9.17, 15) is 9.59 Å². The lowest BCUT2D eigenvalue weighted by Gasteiger charge is -2.36. The largest absolute Gasteiger partial charge is 0.443 e. The van der Waals surface area contributed by atoms with Gasteiger partial charge in [0, 0.05) is 17.0 Å². The minimum Gasteiger partial charge on any atom is -0.443 e. The van der Waals surface area contributed by atoms with Gasteiger partial charge in [-0.1, -0.05) is 22.6 Å². The maximum atomic E-state index is 12.5. The van der Waals surface area contributed by atoms with E-state index >= 15 is 0 Å². The van der Waals surface area contributed by atoms with Crippen molar-refractivity contribution in [2.24, 2.45) is 0 Å². The van der Waals surface area contributed by atoms with Crippen LogP contribution in [-0.2, 0) is 9.47 Å². The lowest BCUT2D eigenvalue weighted by molar-refractivity contribution is -0.00895. The number of rotatable bonds is 1. The summed E-state index contributed by atoms with van der Waals surface area (Å²) in [6.45, 7) is 12.1. The topological polar surface area (TPSA) is 67.9 Å². The van der Waals surface area contributed by atoms with Gasteiger partial charge >= 0.3 is 12.2 Å². The van der Waals surface area contributed by atoms with E-state index in [1.54, 1.807) is 41.5 Å². The maximum absolute atomic E-state index is 12.5. The number of ether oxygens (including phenoxy) is 2. The van der Waals surface area contributed by atoms with Gasteiger partial charge in [0.05, 0.1) is 6.04 Å². The molecule has 0 aromatic carbocycles. The lowest BCUT2D eigenvalue weighted by atomic mass is 10.1. The Morgan fingerprint density at radius 1 is 1.00 bits per heavy atom. The number of hydrogen-bond donors (Lipinski definition) is 1. The van der Waals surface area contributed by atoms with Crippen LogP contribution in [0, 0.1) is 0 Å². The van der Waals surface area contributed by atoms with E-state index in [0.29, 0.717) is 10.5 Å². The second-order valence-corrected chi connectivity index (χ2v) is 9.24. The number of alkyl halides is 1. The number of hydrogen-bond acceptors (Lipinski definition) is 5. The van der Waals surface area contributed by atoms with Crippen molar-refractivity contribution >= 4 is 34.8 Å². The summed E-state index contributed by atoms with van der Waals surface area (Å²) in [5.74, 6) is 0. The van der Waals surface area contributed by atoms with Gasteiger partial charge in [0.25, 0.3) is 0 Å². The number of halogens is 1. The Kier molecular flexibility index (Phi) is 6.49. The zero-order chi connectivity index (χ0) is 17.1. The molecule has 2 amide bonds. The first kappa shape index (κ1) is 19.5. The van der Waals surface area contributed by atoms with Crippen molar-refractivity contribution in [3.05, 3.63) is 0 Å². The first-order chi connectivity index (χ1) is 9.89. The summed E-state index contributed by atoms with van der Waals surface area (Å²) in [6, 6.07) is -0.264. The highest BCUT2D eigenvalue weighted by Crippen LogP contribution is 2.22. The van der Waals surface area contributed by atoms with Crippen LogP contribution in [0.25, 0.3) is 0 Å². The molecule has 0 aromatic rings. The van der Waals surface area contributed by atoms with Crippen molar-refractivity contribution in [2.45, 2.75) is 69.1 Å². The normalized spacial score (nSPS) is 22.9. The Hall–Kier alpha value is -0.570. The van der Waals surface area contributed by atoms with Crippen molar-refractivity contribution in [1.29, 1.82) is 0 Å². The molecule has 0 aliphatic carbocycles. The van der Waals surface area contributed by atoms with E-state index in [-0.39, 0.29) is 6.04 Å². The van der Waals surface area contributed by atoms with Crippen molar-refractivity contribution in [3.63, 3.8) is 0 Å². The number of carbonyl (C=O) groups is 2. The zero-order valence-electron chi connectivity index (χ0n) is 14.2. The third-order valence-corrected chi connectivity index (χ3v) is 3.77. The highest BCUT2D eigenvalue weighted by Gasteiger charge is 2.38. The molecule has 1 N–H and O–H groups in total. The van der Waals surface area contributed by atoms with E-state index in [2.05, 4.69) is 27.9 Å². The molecule has 0 bridgehead atoms. The molecule has 1 heterocycles. The van der Waals surface area contributed by atoms with Gasteiger partial charge in [-0.15, -0.1) is 0 Å². The summed E-state index contributed by atoms with van der Waals surface area (Å²) in [6.07, 6.45) is -0.579. The molecule has 0 aromatic heterocycles. The van der Waals surface area contributed by atoms with Crippen LogP contribution in [0.3, 0.4) is 0 Å². The molecule has 1 aliphatic rings. The Morgan fingerprint density at radius 3 is 1.82 bits per heavy atom. The summed E-state index contributed by atoms with van der Waals surface area (Å²) < 4.78 is 11.1. The van der Waals surface area contributed by atoms with Crippen molar-refractivity contribution in [1.82, 2.24) is 10.2 Å². The van der Waals surface area contributed by atoms with Crippen LogP contribution in [0.15, 0.2) is 0 Å². The first-order valence-corrected chi connectivity index (χ1v) is 8.73. The average molecular weight is 426 g/mol. The smallest absolute Gasteiger partial charge is 0.420 e. The maximum Gasteiger partial charge on any atom is 0.420 e. The molecule has 2 unspecified atom stereocenters. The van der Waals surface area contributed by atoms with E-state index in [1.165, 1.54) is 0 Å². The number of nitrogens with zero attached hydrogens (tertiary/aromatic N) is 1. The fourth-order valence-corrected chi connectivity index (χ4v) is 2.96. The third-order valence-electron chi connectivity index (χ3n) is 2.82. The van der Waals surface area contributed by atoms with E-state index in [0.717, 1.165) is 17.9 Å². The highest BCUT2D eigenvalue weighted by atomic mass is 127. The van der Waals surface area contributed by atoms with Crippen LogP contribution in [0.2, 0.25) is 0 Å². The van der Waals surface area contributed by atoms with Crippen LogP contribution in [0.1, 0.15) is 48.0 Å². The molecule has 1 aliphatic heterocycles. The molecule has 1 rings (SSSR count). The van der Waals surface area contributed by atoms with Gasteiger partial charge in [-0.05, 0) is 48.0 Å². The molecule has 1 saturated heterocycles. The van der Waals surface area contributed by atoms with E-state index in [1.807, 2.05) is 0 Å². The molecule has 7 heteroatoms. The standard InChI is InChI=1S/C15H27IN2O4/c1-14(2,3)21-12(19)18(13(20)22-15(4,5)6)11-7-10(16)8-17-9-11/h10-11,17H,7-9H2,1-6H3. The Bertz CT molecular complexity index is 387. The number of imide groups is 1. The van der Waals surface area contributed by atoms with Gasteiger partial charge in [-0.2, -0.15) is 0 Å². The third kappa shape index (κ3) is 6.68. The Labute approximate surface area is 146 Å². The molecule has 2 atom stereocenters. The number of piperidine rings is 1. The van der Waals surface area contributed by atoms with Crippen LogP contribution in [0.4, 0.5) is 9.59 Å². The minimum atomic E-state index is -0.664. The quantitative estimate of drug-likeness (QED) is 0.515. The molecule has 0 radical (unpaired) electrons. The van der Waals surface area contributed by atoms with Crippen LogP contribution < -0.4 is 5.32 Å². The van der Waals surface area contributed by atoms with Crippen LogP contribution in [-0.4, -0.2) is 51.3 Å². The summed E-state index contributed by atoms with van der Waals surface area (Å²) in [5, 5.41) is 3.24. The summed E-state index contributed by atoms with van der Waals surface area (Å²) >= 11 is 2.32. The van der Waals surface area contributed by atoms with E-state index < -0.39 is 23.4 Å². The predicted octanol–water partition coefficient (Wildman–Crippen LogP) is 3.32. The zero-order valence-corrected chi connectivity index (χ0v) is 16.4. The summed E-state index contributed by atoms with van der Waals surface area (Å²) in [5.41, 5.74) is -1.33. The van der Waals surface area contributed by atoms with Gasteiger partial charge in [0.15, 0.2) is 0 Å². The fraction of sp³-hybridized carbons (Fsp3) is 0.867. The Balaban J connectivity index is 2.93. The van der Waals surface area contributed by atoms with E-state index in [4.69, 9.17) is 9.47 Å². The second-order valence-electron chi connectivity index (χ2n) is 7.48. The molecular formula is C15H27IN2O4. The number of amides is 2. The average Bonchev–Trinajstić information content (AvgIpc) is 2.23. The predicted molar refractivity (Wildman–Crippen MR) is 93.4 cm³/mol. The molecule has 1 fully saturated rings. The summed E-state index contributed by atoms with van der Waals surface area (Å²) in [4.78, 5) is 26.0. The van der Waals surface area contributed by atoms with Crippen LogP contribution in [0.5, 0.6) is 0 Å². The molecule has 6 nitrogen and oxygen atoms in total. The van der Waals surface area contributed by atoms with Gasteiger partial charge in [0.1, 0.15) is 11.2 Å². The molecule has 128 valence electrons. The monoisotopic (exact) mass is 426 g/mol. The number of carbonyl (C=O) groups excluding carboxylic acids is 2. The minimum absolute atomic E-state index is 0.264. The van der Waals surface area contributed by atoms with Crippen molar-refractivity contribution in [2.75, 3.05) is 13.1 Å². The van der Waals surface area contributed by atoms with Crippen molar-refractivity contribution < 1.29 is 19.1 Å². The second kappa shape index (κ2) is 7.33. The SMILES string of the molecule is CC(C)(C)OC(=O)N(C(=O)OC(C)(C)C)C1CNCC(I)C1. The Morgan fingerprint density at radius 2 is 1.45 bits per heavy atom. The molecule has 0 saturated carbocycles. The van der Waals surface area contributed by atoms with Gasteiger partial charge < -0.3 is 14.8 Å². The highest BCUT2D eigenvalue weighted by molar-refractivity contribution is 14.1.